The molecule has 3 aromatic rings. The lowest BCUT2D eigenvalue weighted by Crippen LogP contribution is -2.41. The summed E-state index contributed by atoms with van der Waals surface area (Å²) >= 11 is 0. The summed E-state index contributed by atoms with van der Waals surface area (Å²) in [7, 11) is 0. The molecule has 1 aliphatic carbocycles. The minimum absolute atomic E-state index is 0.105. The number of carbonyl (C=O) groups excluding carboxylic acids is 1. The Morgan fingerprint density at radius 1 is 1.00 bits per heavy atom. The first-order valence-corrected chi connectivity index (χ1v) is 11.4. The summed E-state index contributed by atoms with van der Waals surface area (Å²) in [6.45, 7) is 3.29. The highest BCUT2D eigenvalue weighted by Crippen LogP contribution is 2.26. The number of carbonyl (C=O) groups is 1. The van der Waals surface area contributed by atoms with Crippen LogP contribution >= 0.6 is 0 Å². The molecule has 0 spiro atoms. The molecule has 4 heteroatoms. The third kappa shape index (κ3) is 5.25. The number of aromatic nitrogens is 1. The van der Waals surface area contributed by atoms with E-state index in [-0.39, 0.29) is 17.8 Å². The average molecular weight is 419 g/mol. The molecule has 1 amide bonds. The Labute approximate surface area is 184 Å². The minimum atomic E-state index is -0.222. The quantitative estimate of drug-likeness (QED) is 0.448. The number of rotatable bonds is 7. The van der Waals surface area contributed by atoms with Crippen LogP contribution in [0.2, 0.25) is 0 Å². The normalized spacial score (nSPS) is 14.5. The van der Waals surface area contributed by atoms with Crippen LogP contribution in [0.3, 0.4) is 0 Å². The Balaban J connectivity index is 1.58. The van der Waals surface area contributed by atoms with Crippen LogP contribution in [0.4, 0.5) is 4.39 Å². The number of hydrogen-bond donors (Lipinski definition) is 0. The van der Waals surface area contributed by atoms with E-state index in [1.54, 1.807) is 12.1 Å². The molecule has 162 valence electrons. The van der Waals surface area contributed by atoms with Crippen molar-refractivity contribution in [3.63, 3.8) is 0 Å². The van der Waals surface area contributed by atoms with Gasteiger partial charge < -0.3 is 9.47 Å². The second-order valence-electron chi connectivity index (χ2n) is 8.53. The predicted molar refractivity (Wildman–Crippen MR) is 123 cm³/mol. The number of hydrogen-bond acceptors (Lipinski definition) is 1. The van der Waals surface area contributed by atoms with Gasteiger partial charge in [0.15, 0.2) is 0 Å². The van der Waals surface area contributed by atoms with Crippen LogP contribution in [-0.4, -0.2) is 21.4 Å². The number of aryl methyl sites for hydroxylation is 1. The maximum Gasteiger partial charge on any atom is 0.254 e. The summed E-state index contributed by atoms with van der Waals surface area (Å²) in [6, 6.07) is 19.1. The Hall–Kier alpha value is -2.88. The number of nitrogens with zero attached hydrogens (tertiary/aromatic N) is 2. The fourth-order valence-electron chi connectivity index (χ4n) is 4.56. The third-order valence-electron chi connectivity index (χ3n) is 6.38. The Kier molecular flexibility index (Phi) is 6.86. The second-order valence-corrected chi connectivity index (χ2v) is 8.53. The van der Waals surface area contributed by atoms with Crippen LogP contribution in [0.15, 0.2) is 66.9 Å². The van der Waals surface area contributed by atoms with Crippen LogP contribution in [0.5, 0.6) is 0 Å². The summed E-state index contributed by atoms with van der Waals surface area (Å²) in [5.74, 6) is -0.117. The summed E-state index contributed by atoms with van der Waals surface area (Å²) in [4.78, 5) is 15.6. The topological polar surface area (TPSA) is 25.2 Å². The first-order chi connectivity index (χ1) is 15.1. The van der Waals surface area contributed by atoms with Gasteiger partial charge in [0.05, 0.1) is 6.54 Å². The number of amides is 1. The standard InChI is InChI=1S/C27H31FN2O/c1-2-21-13-15-23(16-14-21)27(31)30(25-10-4-3-5-11-25)20-26-12-7-17-29(26)19-22-8-6-9-24(28)18-22/h6-9,12-18,25H,2-5,10-11,19-20H2,1H3. The van der Waals surface area contributed by atoms with Crippen LogP contribution in [0.25, 0.3) is 0 Å². The van der Waals surface area contributed by atoms with Gasteiger partial charge in [-0.25, -0.2) is 4.39 Å². The monoisotopic (exact) mass is 418 g/mol. The van der Waals surface area contributed by atoms with Gasteiger partial charge in [0.1, 0.15) is 5.82 Å². The van der Waals surface area contributed by atoms with Gasteiger partial charge in [-0.3, -0.25) is 4.79 Å². The molecule has 1 aromatic heterocycles. The van der Waals surface area contributed by atoms with E-state index < -0.39 is 0 Å². The Bertz CT molecular complexity index is 1000. The molecular formula is C27H31FN2O. The molecule has 31 heavy (non-hydrogen) atoms. The summed E-state index contributed by atoms with van der Waals surface area (Å²) < 4.78 is 15.8. The van der Waals surface area contributed by atoms with Gasteiger partial charge in [0, 0.05) is 30.0 Å². The van der Waals surface area contributed by atoms with E-state index in [4.69, 9.17) is 0 Å². The van der Waals surface area contributed by atoms with Gasteiger partial charge in [-0.05, 0) is 66.8 Å². The van der Waals surface area contributed by atoms with E-state index in [1.807, 2.05) is 30.5 Å². The minimum Gasteiger partial charge on any atom is -0.345 e. The Morgan fingerprint density at radius 2 is 1.77 bits per heavy atom. The summed E-state index contributed by atoms with van der Waals surface area (Å²) in [5, 5.41) is 0. The van der Waals surface area contributed by atoms with Crippen molar-refractivity contribution in [1.29, 1.82) is 0 Å². The maximum absolute atomic E-state index is 13.6. The van der Waals surface area contributed by atoms with Gasteiger partial charge in [-0.15, -0.1) is 0 Å². The summed E-state index contributed by atoms with van der Waals surface area (Å²) in [5.41, 5.74) is 3.99. The van der Waals surface area contributed by atoms with Crippen molar-refractivity contribution in [1.82, 2.24) is 9.47 Å². The van der Waals surface area contributed by atoms with E-state index in [9.17, 15) is 9.18 Å². The largest absolute Gasteiger partial charge is 0.345 e. The molecule has 0 atom stereocenters. The number of benzene rings is 2. The van der Waals surface area contributed by atoms with Crippen LogP contribution in [-0.2, 0) is 19.5 Å². The molecule has 2 aromatic carbocycles. The molecule has 3 nitrogen and oxygen atoms in total. The highest BCUT2D eigenvalue weighted by atomic mass is 19.1. The first kappa shape index (κ1) is 21.4. The molecule has 1 heterocycles. The first-order valence-electron chi connectivity index (χ1n) is 11.4. The van der Waals surface area contributed by atoms with E-state index in [1.165, 1.54) is 30.9 Å². The predicted octanol–water partition coefficient (Wildman–Crippen LogP) is 6.21. The fraction of sp³-hybridized carbons (Fsp3) is 0.370. The second kappa shape index (κ2) is 9.95. The Morgan fingerprint density at radius 3 is 2.48 bits per heavy atom. The lowest BCUT2D eigenvalue weighted by atomic mass is 9.93. The molecule has 0 N–H and O–H groups in total. The molecule has 4 rings (SSSR count). The van der Waals surface area contributed by atoms with Crippen molar-refractivity contribution in [2.24, 2.45) is 0 Å². The van der Waals surface area contributed by atoms with Crippen molar-refractivity contribution in [3.05, 3.63) is 95.1 Å². The zero-order valence-corrected chi connectivity index (χ0v) is 18.3. The van der Waals surface area contributed by atoms with E-state index in [0.29, 0.717) is 13.1 Å². The van der Waals surface area contributed by atoms with Gasteiger partial charge in [-0.1, -0.05) is 50.5 Å². The van der Waals surface area contributed by atoms with Crippen molar-refractivity contribution in [3.8, 4) is 0 Å². The molecule has 1 fully saturated rings. The molecule has 1 aliphatic rings. The summed E-state index contributed by atoms with van der Waals surface area (Å²) in [6.07, 6.45) is 8.70. The molecular weight excluding hydrogens is 387 g/mol. The van der Waals surface area contributed by atoms with E-state index in [2.05, 4.69) is 34.6 Å². The SMILES string of the molecule is CCc1ccc(C(=O)N(Cc2cccn2Cc2cccc(F)c2)C2CCCCC2)cc1. The molecule has 1 saturated carbocycles. The van der Waals surface area contributed by atoms with Crippen molar-refractivity contribution < 1.29 is 9.18 Å². The van der Waals surface area contributed by atoms with Crippen molar-refractivity contribution in [2.75, 3.05) is 0 Å². The smallest absolute Gasteiger partial charge is 0.254 e. The fourth-order valence-corrected chi connectivity index (χ4v) is 4.56. The lowest BCUT2D eigenvalue weighted by molar-refractivity contribution is 0.0608. The molecule has 0 unspecified atom stereocenters. The number of halogens is 1. The highest BCUT2D eigenvalue weighted by molar-refractivity contribution is 5.94. The van der Waals surface area contributed by atoms with Crippen molar-refractivity contribution >= 4 is 5.91 Å². The van der Waals surface area contributed by atoms with Gasteiger partial charge in [-0.2, -0.15) is 0 Å². The van der Waals surface area contributed by atoms with Crippen LogP contribution in [0, 0.1) is 5.82 Å². The van der Waals surface area contributed by atoms with E-state index >= 15 is 0 Å². The zero-order chi connectivity index (χ0) is 21.6. The van der Waals surface area contributed by atoms with Gasteiger partial charge >= 0.3 is 0 Å². The van der Waals surface area contributed by atoms with Crippen molar-refractivity contribution in [2.45, 2.75) is 64.6 Å². The maximum atomic E-state index is 13.6. The molecule has 0 aliphatic heterocycles. The molecule has 0 radical (unpaired) electrons. The van der Waals surface area contributed by atoms with Crippen LogP contribution < -0.4 is 0 Å². The molecule has 0 saturated heterocycles. The van der Waals surface area contributed by atoms with Gasteiger partial charge in [0.2, 0.25) is 0 Å². The van der Waals surface area contributed by atoms with E-state index in [0.717, 1.165) is 36.1 Å². The molecule has 0 bridgehead atoms. The highest BCUT2D eigenvalue weighted by Gasteiger charge is 2.27. The third-order valence-corrected chi connectivity index (χ3v) is 6.38. The zero-order valence-electron chi connectivity index (χ0n) is 18.3. The lowest BCUT2D eigenvalue weighted by Gasteiger charge is -2.35. The average Bonchev–Trinajstić information content (AvgIpc) is 3.24. The van der Waals surface area contributed by atoms with Crippen LogP contribution in [0.1, 0.15) is 66.2 Å². The van der Waals surface area contributed by atoms with Gasteiger partial charge in [0.25, 0.3) is 5.91 Å².